The fourth-order valence-corrected chi connectivity index (χ4v) is 1.30. The molecule has 2 nitrogen and oxygen atoms in total. The summed E-state index contributed by atoms with van der Waals surface area (Å²) in [6.45, 7) is 3.00. The van der Waals surface area contributed by atoms with E-state index in [1.54, 1.807) is 0 Å². The van der Waals surface area contributed by atoms with Gasteiger partial charge >= 0.3 is 0 Å². The van der Waals surface area contributed by atoms with Crippen molar-refractivity contribution in [3.05, 3.63) is 0 Å². The highest BCUT2D eigenvalue weighted by molar-refractivity contribution is 4.87. The number of aliphatic hydroxyl groups is 1. The largest absolute Gasteiger partial charge is 0.390 e. The van der Waals surface area contributed by atoms with Crippen LogP contribution >= 0.6 is 0 Å². The lowest BCUT2D eigenvalue weighted by atomic mass is 9.97. The van der Waals surface area contributed by atoms with Gasteiger partial charge in [0.05, 0.1) is 6.10 Å². The van der Waals surface area contributed by atoms with Crippen LogP contribution in [0.25, 0.3) is 0 Å². The van der Waals surface area contributed by atoms with E-state index in [0.717, 1.165) is 13.0 Å². The molecule has 0 aromatic rings. The van der Waals surface area contributed by atoms with Gasteiger partial charge in [-0.25, -0.2) is 0 Å². The molecule has 2 unspecified atom stereocenters. The van der Waals surface area contributed by atoms with Crippen molar-refractivity contribution in [3.63, 3.8) is 0 Å². The number of unbranched alkanes of at least 4 members (excludes halogenated alkanes) is 2. The highest BCUT2D eigenvalue weighted by Gasteiger charge is 2.26. The van der Waals surface area contributed by atoms with Gasteiger partial charge in [0.25, 0.3) is 0 Å². The Morgan fingerprint density at radius 2 is 2.30 bits per heavy atom. The van der Waals surface area contributed by atoms with Crippen LogP contribution in [-0.4, -0.2) is 23.8 Å². The molecule has 1 saturated heterocycles. The minimum Gasteiger partial charge on any atom is -0.390 e. The highest BCUT2D eigenvalue weighted by Crippen LogP contribution is 2.12. The SMILES string of the molecule is CCCCCC1NCC1O. The van der Waals surface area contributed by atoms with Crippen LogP contribution in [-0.2, 0) is 0 Å². The lowest BCUT2D eigenvalue weighted by Gasteiger charge is -2.34. The van der Waals surface area contributed by atoms with Crippen molar-refractivity contribution in [3.8, 4) is 0 Å². The van der Waals surface area contributed by atoms with Crippen LogP contribution in [0.4, 0.5) is 0 Å². The van der Waals surface area contributed by atoms with Gasteiger partial charge in [0.2, 0.25) is 0 Å². The Kier molecular flexibility index (Phi) is 3.16. The number of aliphatic hydroxyl groups excluding tert-OH is 1. The average Bonchev–Trinajstić information content (AvgIpc) is 1.95. The molecule has 0 saturated carbocycles. The lowest BCUT2D eigenvalue weighted by molar-refractivity contribution is 0.0559. The first-order valence-electron chi connectivity index (χ1n) is 4.26. The average molecular weight is 143 g/mol. The summed E-state index contributed by atoms with van der Waals surface area (Å²) in [5.74, 6) is 0. The fourth-order valence-electron chi connectivity index (χ4n) is 1.30. The predicted octanol–water partition coefficient (Wildman–Crippen LogP) is 0.899. The topological polar surface area (TPSA) is 32.3 Å². The van der Waals surface area contributed by atoms with E-state index < -0.39 is 0 Å². The van der Waals surface area contributed by atoms with Gasteiger partial charge in [-0.3, -0.25) is 0 Å². The summed E-state index contributed by atoms with van der Waals surface area (Å²) in [5.41, 5.74) is 0. The van der Waals surface area contributed by atoms with Crippen molar-refractivity contribution in [1.29, 1.82) is 0 Å². The second-order valence-corrected chi connectivity index (χ2v) is 3.08. The minimum atomic E-state index is -0.0585. The number of nitrogens with one attached hydrogen (secondary N) is 1. The van der Waals surface area contributed by atoms with E-state index in [-0.39, 0.29) is 6.10 Å². The summed E-state index contributed by atoms with van der Waals surface area (Å²) in [7, 11) is 0. The molecule has 1 fully saturated rings. The molecule has 0 bridgehead atoms. The van der Waals surface area contributed by atoms with Gasteiger partial charge in [0.1, 0.15) is 0 Å². The monoisotopic (exact) mass is 143 g/mol. The maximum Gasteiger partial charge on any atom is 0.0817 e. The first-order valence-corrected chi connectivity index (χ1v) is 4.26. The zero-order valence-electron chi connectivity index (χ0n) is 6.64. The van der Waals surface area contributed by atoms with E-state index in [1.165, 1.54) is 19.3 Å². The van der Waals surface area contributed by atoms with Crippen LogP contribution in [0.15, 0.2) is 0 Å². The molecule has 0 amide bonds. The molecule has 1 rings (SSSR count). The summed E-state index contributed by atoms with van der Waals surface area (Å²) in [5, 5.41) is 12.3. The van der Waals surface area contributed by atoms with E-state index >= 15 is 0 Å². The second-order valence-electron chi connectivity index (χ2n) is 3.08. The van der Waals surface area contributed by atoms with Gasteiger partial charge in [-0.2, -0.15) is 0 Å². The molecule has 1 heterocycles. The van der Waals surface area contributed by atoms with E-state index in [1.807, 2.05) is 0 Å². The highest BCUT2D eigenvalue weighted by atomic mass is 16.3. The number of β-amino-alcohol motifs (C(OH)–C–C–N with tert-alkyl or cyclic N) is 1. The molecule has 60 valence electrons. The van der Waals surface area contributed by atoms with Crippen molar-refractivity contribution in [1.82, 2.24) is 5.32 Å². The smallest absolute Gasteiger partial charge is 0.0817 e. The second kappa shape index (κ2) is 3.94. The van der Waals surface area contributed by atoms with Gasteiger partial charge in [-0.1, -0.05) is 26.2 Å². The summed E-state index contributed by atoms with van der Waals surface area (Å²) >= 11 is 0. The fraction of sp³-hybridized carbons (Fsp3) is 1.00. The van der Waals surface area contributed by atoms with E-state index in [0.29, 0.717) is 6.04 Å². The first-order chi connectivity index (χ1) is 4.84. The Bertz CT molecular complexity index is 95.3. The molecule has 0 aromatic carbocycles. The third-order valence-corrected chi connectivity index (χ3v) is 2.17. The molecule has 2 heteroatoms. The molecular weight excluding hydrogens is 126 g/mol. The Morgan fingerprint density at radius 3 is 2.70 bits per heavy atom. The molecule has 1 aliphatic rings. The summed E-state index contributed by atoms with van der Waals surface area (Å²) in [6.07, 6.45) is 4.91. The third kappa shape index (κ3) is 1.96. The van der Waals surface area contributed by atoms with Gasteiger partial charge in [-0.15, -0.1) is 0 Å². The van der Waals surface area contributed by atoms with Crippen molar-refractivity contribution in [2.24, 2.45) is 0 Å². The van der Waals surface area contributed by atoms with Gasteiger partial charge in [0, 0.05) is 12.6 Å². The zero-order chi connectivity index (χ0) is 7.40. The standard InChI is InChI=1S/C8H17NO/c1-2-3-4-5-7-8(10)6-9-7/h7-10H,2-6H2,1H3. The quantitative estimate of drug-likeness (QED) is 0.573. The predicted molar refractivity (Wildman–Crippen MR) is 41.9 cm³/mol. The van der Waals surface area contributed by atoms with Crippen molar-refractivity contribution < 1.29 is 5.11 Å². The number of hydrogen-bond acceptors (Lipinski definition) is 2. The van der Waals surface area contributed by atoms with E-state index in [9.17, 15) is 0 Å². The number of hydrogen-bond donors (Lipinski definition) is 2. The Labute approximate surface area is 62.6 Å². The Hall–Kier alpha value is -0.0800. The zero-order valence-corrected chi connectivity index (χ0v) is 6.64. The minimum absolute atomic E-state index is 0.0585. The van der Waals surface area contributed by atoms with Crippen LogP contribution in [0.1, 0.15) is 32.6 Å². The first kappa shape index (κ1) is 8.02. The van der Waals surface area contributed by atoms with Crippen molar-refractivity contribution in [2.75, 3.05) is 6.54 Å². The van der Waals surface area contributed by atoms with Gasteiger partial charge in [-0.05, 0) is 6.42 Å². The molecule has 0 aromatic heterocycles. The maximum absolute atomic E-state index is 9.14. The molecule has 0 radical (unpaired) electrons. The van der Waals surface area contributed by atoms with Gasteiger partial charge in [0.15, 0.2) is 0 Å². The van der Waals surface area contributed by atoms with E-state index in [4.69, 9.17) is 5.11 Å². The van der Waals surface area contributed by atoms with Crippen molar-refractivity contribution >= 4 is 0 Å². The Morgan fingerprint density at radius 1 is 1.50 bits per heavy atom. The third-order valence-electron chi connectivity index (χ3n) is 2.17. The lowest BCUT2D eigenvalue weighted by Crippen LogP contribution is -2.56. The normalized spacial score (nSPS) is 31.8. The Balaban J connectivity index is 1.92. The molecule has 2 atom stereocenters. The summed E-state index contributed by atoms with van der Waals surface area (Å²) in [6, 6.07) is 0.409. The van der Waals surface area contributed by atoms with Crippen LogP contribution in [0.5, 0.6) is 0 Å². The number of rotatable bonds is 4. The molecule has 0 spiro atoms. The molecular formula is C8H17NO. The van der Waals surface area contributed by atoms with Gasteiger partial charge < -0.3 is 10.4 Å². The maximum atomic E-state index is 9.14. The van der Waals surface area contributed by atoms with E-state index in [2.05, 4.69) is 12.2 Å². The van der Waals surface area contributed by atoms with Crippen LogP contribution < -0.4 is 5.32 Å². The van der Waals surface area contributed by atoms with Crippen LogP contribution in [0, 0.1) is 0 Å². The molecule has 2 N–H and O–H groups in total. The van der Waals surface area contributed by atoms with Crippen LogP contribution in [0.2, 0.25) is 0 Å². The summed E-state index contributed by atoms with van der Waals surface area (Å²) < 4.78 is 0. The summed E-state index contributed by atoms with van der Waals surface area (Å²) in [4.78, 5) is 0. The molecule has 1 aliphatic heterocycles. The molecule has 10 heavy (non-hydrogen) atoms. The molecule has 0 aliphatic carbocycles. The van der Waals surface area contributed by atoms with Crippen LogP contribution in [0.3, 0.4) is 0 Å². The van der Waals surface area contributed by atoms with Crippen molar-refractivity contribution in [2.45, 2.75) is 44.8 Å².